The Morgan fingerprint density at radius 3 is 2.84 bits per heavy atom. The van der Waals surface area contributed by atoms with Crippen molar-refractivity contribution in [3.8, 4) is 5.88 Å². The number of methoxy groups -OCH3 is 1. The van der Waals surface area contributed by atoms with Gasteiger partial charge in [-0.15, -0.1) is 0 Å². The number of rotatable bonds is 6. The van der Waals surface area contributed by atoms with Crippen molar-refractivity contribution in [3.63, 3.8) is 0 Å². The molecule has 0 spiro atoms. The third-order valence-corrected chi connectivity index (χ3v) is 3.70. The fraction of sp³-hybridized carbons (Fsp3) is 0.714. The van der Waals surface area contributed by atoms with Crippen molar-refractivity contribution in [2.75, 3.05) is 25.1 Å². The van der Waals surface area contributed by atoms with Crippen LogP contribution in [0.4, 0.5) is 5.95 Å². The van der Waals surface area contributed by atoms with Crippen molar-refractivity contribution in [2.24, 2.45) is 5.73 Å². The molecule has 19 heavy (non-hydrogen) atoms. The van der Waals surface area contributed by atoms with Crippen LogP contribution in [0.5, 0.6) is 5.88 Å². The number of hydrogen-bond acceptors (Lipinski definition) is 5. The Morgan fingerprint density at radius 2 is 2.16 bits per heavy atom. The van der Waals surface area contributed by atoms with Gasteiger partial charge in [-0.05, 0) is 25.8 Å². The largest absolute Gasteiger partial charge is 0.481 e. The summed E-state index contributed by atoms with van der Waals surface area (Å²) in [5, 5.41) is 0. The molecule has 5 heteroatoms. The highest BCUT2D eigenvalue weighted by Gasteiger charge is 2.23. The first kappa shape index (κ1) is 14.1. The summed E-state index contributed by atoms with van der Waals surface area (Å²) in [6.07, 6.45) is 9.13. The molecule has 1 fully saturated rings. The molecular formula is C14H24N4O. The van der Waals surface area contributed by atoms with E-state index >= 15 is 0 Å². The van der Waals surface area contributed by atoms with Gasteiger partial charge in [0.1, 0.15) is 0 Å². The predicted molar refractivity (Wildman–Crippen MR) is 76.5 cm³/mol. The molecule has 1 aliphatic rings. The lowest BCUT2D eigenvalue weighted by Crippen LogP contribution is -2.39. The van der Waals surface area contributed by atoms with Gasteiger partial charge in [0, 0.05) is 24.8 Å². The zero-order valence-corrected chi connectivity index (χ0v) is 11.7. The molecule has 0 unspecified atom stereocenters. The van der Waals surface area contributed by atoms with Crippen molar-refractivity contribution in [3.05, 3.63) is 12.3 Å². The van der Waals surface area contributed by atoms with Crippen LogP contribution in [0, 0.1) is 0 Å². The van der Waals surface area contributed by atoms with Crippen LogP contribution < -0.4 is 15.4 Å². The molecule has 1 aliphatic carbocycles. The SMILES string of the molecule is COc1ccnc(N(CCCN)C2CCCCC2)n1. The van der Waals surface area contributed by atoms with Gasteiger partial charge in [0.2, 0.25) is 11.8 Å². The fourth-order valence-electron chi connectivity index (χ4n) is 2.68. The highest BCUT2D eigenvalue weighted by Crippen LogP contribution is 2.26. The van der Waals surface area contributed by atoms with E-state index in [1.807, 2.05) is 0 Å². The van der Waals surface area contributed by atoms with Gasteiger partial charge in [0.05, 0.1) is 7.11 Å². The van der Waals surface area contributed by atoms with Gasteiger partial charge >= 0.3 is 0 Å². The van der Waals surface area contributed by atoms with Crippen LogP contribution in [-0.2, 0) is 0 Å². The Bertz CT molecular complexity index is 379. The van der Waals surface area contributed by atoms with Crippen LogP contribution in [0.1, 0.15) is 38.5 Å². The molecule has 1 saturated carbocycles. The molecule has 0 aromatic carbocycles. The van der Waals surface area contributed by atoms with Crippen molar-refractivity contribution in [1.29, 1.82) is 0 Å². The Hall–Kier alpha value is -1.36. The van der Waals surface area contributed by atoms with Crippen molar-refractivity contribution in [1.82, 2.24) is 9.97 Å². The number of anilines is 1. The Labute approximate surface area is 115 Å². The third-order valence-electron chi connectivity index (χ3n) is 3.70. The molecule has 0 amide bonds. The number of nitrogens with two attached hydrogens (primary N) is 1. The first-order chi connectivity index (χ1) is 9.35. The minimum absolute atomic E-state index is 0.549. The molecule has 0 bridgehead atoms. The topological polar surface area (TPSA) is 64.3 Å². The zero-order valence-electron chi connectivity index (χ0n) is 11.7. The smallest absolute Gasteiger partial charge is 0.228 e. The molecule has 1 aromatic heterocycles. The molecule has 1 heterocycles. The van der Waals surface area contributed by atoms with Crippen molar-refractivity contribution < 1.29 is 4.74 Å². The van der Waals surface area contributed by atoms with E-state index in [0.717, 1.165) is 18.9 Å². The molecule has 106 valence electrons. The van der Waals surface area contributed by atoms with Crippen LogP contribution in [0.2, 0.25) is 0 Å². The minimum Gasteiger partial charge on any atom is -0.481 e. The molecular weight excluding hydrogens is 240 g/mol. The fourth-order valence-corrected chi connectivity index (χ4v) is 2.68. The number of hydrogen-bond donors (Lipinski definition) is 1. The summed E-state index contributed by atoms with van der Waals surface area (Å²) in [4.78, 5) is 11.2. The number of ether oxygens (including phenoxy) is 1. The molecule has 5 nitrogen and oxygen atoms in total. The van der Waals surface area contributed by atoms with Gasteiger partial charge in [-0.25, -0.2) is 4.98 Å². The van der Waals surface area contributed by atoms with Crippen LogP contribution in [0.25, 0.3) is 0 Å². The van der Waals surface area contributed by atoms with Gasteiger partial charge in [-0.3, -0.25) is 0 Å². The summed E-state index contributed by atoms with van der Waals surface area (Å²) < 4.78 is 5.19. The standard InChI is InChI=1S/C14H24N4O/c1-19-13-8-10-16-14(17-13)18(11-5-9-15)12-6-3-2-4-7-12/h8,10,12H,2-7,9,11,15H2,1H3. The van der Waals surface area contributed by atoms with Gasteiger partial charge in [-0.2, -0.15) is 4.98 Å². The van der Waals surface area contributed by atoms with Gasteiger partial charge in [-0.1, -0.05) is 19.3 Å². The first-order valence-corrected chi connectivity index (χ1v) is 7.19. The van der Waals surface area contributed by atoms with E-state index in [4.69, 9.17) is 10.5 Å². The minimum atomic E-state index is 0.549. The van der Waals surface area contributed by atoms with Crippen molar-refractivity contribution in [2.45, 2.75) is 44.6 Å². The summed E-state index contributed by atoms with van der Waals surface area (Å²) >= 11 is 0. The monoisotopic (exact) mass is 264 g/mol. The van der Waals surface area contributed by atoms with Gasteiger partial charge in [0.15, 0.2) is 0 Å². The number of nitrogens with zero attached hydrogens (tertiary/aromatic N) is 3. The zero-order chi connectivity index (χ0) is 13.5. The molecule has 2 N–H and O–H groups in total. The average Bonchev–Trinajstić information content (AvgIpc) is 2.49. The first-order valence-electron chi connectivity index (χ1n) is 7.19. The lowest BCUT2D eigenvalue weighted by molar-refractivity contribution is 0.388. The van der Waals surface area contributed by atoms with Crippen LogP contribution in [-0.4, -0.2) is 36.2 Å². The highest BCUT2D eigenvalue weighted by atomic mass is 16.5. The summed E-state index contributed by atoms with van der Waals surface area (Å²) in [5.41, 5.74) is 5.65. The molecule has 0 atom stereocenters. The second-order valence-electron chi connectivity index (χ2n) is 5.03. The molecule has 1 aromatic rings. The van der Waals surface area contributed by atoms with Crippen molar-refractivity contribution >= 4 is 5.95 Å². The average molecular weight is 264 g/mol. The highest BCUT2D eigenvalue weighted by molar-refractivity contribution is 5.33. The van der Waals surface area contributed by atoms with E-state index in [0.29, 0.717) is 18.5 Å². The third kappa shape index (κ3) is 3.80. The second-order valence-corrected chi connectivity index (χ2v) is 5.03. The van der Waals surface area contributed by atoms with E-state index < -0.39 is 0 Å². The maximum Gasteiger partial charge on any atom is 0.228 e. The van der Waals surface area contributed by atoms with Gasteiger partial charge in [0.25, 0.3) is 0 Å². The predicted octanol–water partition coefficient (Wildman–Crippen LogP) is 1.97. The van der Waals surface area contributed by atoms with Gasteiger partial charge < -0.3 is 15.4 Å². The number of aromatic nitrogens is 2. The summed E-state index contributed by atoms with van der Waals surface area (Å²) in [5.74, 6) is 1.40. The van der Waals surface area contributed by atoms with Crippen LogP contribution >= 0.6 is 0 Å². The van der Waals surface area contributed by atoms with E-state index in [2.05, 4.69) is 14.9 Å². The van der Waals surface area contributed by atoms with E-state index in [-0.39, 0.29) is 0 Å². The molecule has 0 saturated heterocycles. The quantitative estimate of drug-likeness (QED) is 0.851. The molecule has 0 radical (unpaired) electrons. The Kier molecular flexibility index (Phi) is 5.39. The van der Waals surface area contributed by atoms with Crippen LogP contribution in [0.3, 0.4) is 0 Å². The normalized spacial score (nSPS) is 16.3. The summed E-state index contributed by atoms with van der Waals surface area (Å²) in [7, 11) is 1.64. The van der Waals surface area contributed by atoms with Crippen LogP contribution in [0.15, 0.2) is 12.3 Å². The lowest BCUT2D eigenvalue weighted by Gasteiger charge is -2.34. The maximum atomic E-state index is 5.65. The van der Waals surface area contributed by atoms with E-state index in [9.17, 15) is 0 Å². The molecule has 0 aliphatic heterocycles. The Morgan fingerprint density at radius 1 is 1.37 bits per heavy atom. The summed E-state index contributed by atoms with van der Waals surface area (Å²) in [6.45, 7) is 1.63. The van der Waals surface area contributed by atoms with E-state index in [1.165, 1.54) is 32.1 Å². The maximum absolute atomic E-state index is 5.65. The summed E-state index contributed by atoms with van der Waals surface area (Å²) in [6, 6.07) is 2.33. The van der Waals surface area contributed by atoms with E-state index in [1.54, 1.807) is 19.4 Å². The molecule has 2 rings (SSSR count). The second kappa shape index (κ2) is 7.28. The Balaban J connectivity index is 2.14. The lowest BCUT2D eigenvalue weighted by atomic mass is 9.94.